The maximum Gasteiger partial charge on any atom is 0.187 e. The van der Waals surface area contributed by atoms with Crippen LogP contribution in [-0.4, -0.2) is 28.9 Å². The third-order valence-electron chi connectivity index (χ3n) is 2.33. The van der Waals surface area contributed by atoms with Crippen molar-refractivity contribution in [1.82, 2.24) is 9.97 Å². The fraction of sp³-hybridized carbons (Fsp3) is 0.636. The first-order valence-electron chi connectivity index (χ1n) is 5.54. The van der Waals surface area contributed by atoms with Crippen LogP contribution in [0.1, 0.15) is 26.0 Å². The Kier molecular flexibility index (Phi) is 5.46. The van der Waals surface area contributed by atoms with E-state index in [1.807, 2.05) is 18.7 Å². The minimum Gasteiger partial charge on any atom is -0.353 e. The minimum atomic E-state index is -0.316. The Morgan fingerprint density at radius 2 is 2.06 bits per heavy atom. The molecule has 1 rings (SSSR count). The van der Waals surface area contributed by atoms with Crippen molar-refractivity contribution in [3.63, 3.8) is 0 Å². The summed E-state index contributed by atoms with van der Waals surface area (Å²) in [4.78, 5) is 9.78. The zero-order valence-corrected chi connectivity index (χ0v) is 10.5. The van der Waals surface area contributed by atoms with Gasteiger partial charge in [-0.15, -0.1) is 11.6 Å². The predicted molar refractivity (Wildman–Crippen MR) is 64.6 cm³/mol. The third-order valence-corrected chi connectivity index (χ3v) is 2.49. The highest BCUT2D eigenvalue weighted by atomic mass is 35.5. The lowest BCUT2D eigenvalue weighted by atomic mass is 10.3. The Labute approximate surface area is 101 Å². The third kappa shape index (κ3) is 3.04. The summed E-state index contributed by atoms with van der Waals surface area (Å²) in [5.41, 5.74) is 0.459. The number of rotatable bonds is 6. The van der Waals surface area contributed by atoms with Gasteiger partial charge < -0.3 is 4.90 Å². The summed E-state index contributed by atoms with van der Waals surface area (Å²) < 4.78 is 14.0. The average molecular weight is 246 g/mol. The molecule has 0 spiro atoms. The molecule has 0 atom stereocenters. The van der Waals surface area contributed by atoms with Crippen LogP contribution in [0.5, 0.6) is 0 Å². The lowest BCUT2D eigenvalue weighted by molar-refractivity contribution is 0.583. The summed E-state index contributed by atoms with van der Waals surface area (Å²) in [6, 6.07) is 0. The summed E-state index contributed by atoms with van der Waals surface area (Å²) in [5.74, 6) is 0.517. The van der Waals surface area contributed by atoms with Gasteiger partial charge in [0.2, 0.25) is 0 Å². The monoisotopic (exact) mass is 245 g/mol. The van der Waals surface area contributed by atoms with Crippen LogP contribution in [0, 0.1) is 5.82 Å². The molecule has 0 aliphatic carbocycles. The van der Waals surface area contributed by atoms with Gasteiger partial charge in [-0.05, 0) is 12.8 Å². The lowest BCUT2D eigenvalue weighted by Crippen LogP contribution is -2.28. The molecule has 90 valence electrons. The number of nitrogens with zero attached hydrogens (tertiary/aromatic N) is 3. The summed E-state index contributed by atoms with van der Waals surface area (Å²) in [6.07, 6.45) is 2.91. The number of hydrogen-bond donors (Lipinski definition) is 0. The molecule has 1 aromatic rings. The summed E-state index contributed by atoms with van der Waals surface area (Å²) in [6.45, 7) is 5.28. The number of anilines is 1. The van der Waals surface area contributed by atoms with E-state index < -0.39 is 0 Å². The van der Waals surface area contributed by atoms with Crippen molar-refractivity contribution in [3.05, 3.63) is 17.8 Å². The topological polar surface area (TPSA) is 29.0 Å². The molecule has 1 aromatic heterocycles. The van der Waals surface area contributed by atoms with Crippen molar-refractivity contribution in [1.29, 1.82) is 0 Å². The molecule has 0 aliphatic rings. The van der Waals surface area contributed by atoms with E-state index in [9.17, 15) is 4.39 Å². The van der Waals surface area contributed by atoms with E-state index in [0.717, 1.165) is 13.0 Å². The van der Waals surface area contributed by atoms with E-state index >= 15 is 0 Å². The maximum absolute atomic E-state index is 14.0. The standard InChI is InChI=1S/C11H17ClFN3/c1-3-6-16(7-5-12)11-10(13)9(4-2)14-8-15-11/h8H,3-7H2,1-2H3. The quantitative estimate of drug-likeness (QED) is 0.722. The van der Waals surface area contributed by atoms with Gasteiger partial charge in [0.25, 0.3) is 0 Å². The van der Waals surface area contributed by atoms with Gasteiger partial charge in [0.1, 0.15) is 6.33 Å². The van der Waals surface area contributed by atoms with Gasteiger partial charge in [-0.2, -0.15) is 0 Å². The van der Waals surface area contributed by atoms with Crippen molar-refractivity contribution >= 4 is 17.4 Å². The fourth-order valence-corrected chi connectivity index (χ4v) is 1.76. The van der Waals surface area contributed by atoms with Gasteiger partial charge in [0, 0.05) is 19.0 Å². The molecule has 0 radical (unpaired) electrons. The Morgan fingerprint density at radius 1 is 1.31 bits per heavy atom. The second-order valence-corrected chi connectivity index (χ2v) is 3.87. The smallest absolute Gasteiger partial charge is 0.187 e. The highest BCUT2D eigenvalue weighted by Gasteiger charge is 2.15. The van der Waals surface area contributed by atoms with Crippen molar-refractivity contribution in [2.75, 3.05) is 23.9 Å². The van der Waals surface area contributed by atoms with Crippen molar-refractivity contribution in [3.8, 4) is 0 Å². The van der Waals surface area contributed by atoms with Crippen LogP contribution in [-0.2, 0) is 6.42 Å². The number of halogens is 2. The predicted octanol–water partition coefficient (Wildman–Crippen LogP) is 2.63. The second kappa shape index (κ2) is 6.63. The molecule has 0 N–H and O–H groups in total. The van der Waals surface area contributed by atoms with E-state index in [1.165, 1.54) is 6.33 Å². The SMILES string of the molecule is CCCN(CCCl)c1ncnc(CC)c1F. The van der Waals surface area contributed by atoms with Gasteiger partial charge in [-0.1, -0.05) is 13.8 Å². The van der Waals surface area contributed by atoms with Crippen molar-refractivity contribution in [2.24, 2.45) is 0 Å². The van der Waals surface area contributed by atoms with Crippen LogP contribution in [0.4, 0.5) is 10.2 Å². The maximum atomic E-state index is 14.0. The van der Waals surface area contributed by atoms with Crippen LogP contribution in [0.15, 0.2) is 6.33 Å². The highest BCUT2D eigenvalue weighted by molar-refractivity contribution is 6.18. The molecule has 1 heterocycles. The van der Waals surface area contributed by atoms with E-state index in [-0.39, 0.29) is 5.82 Å². The molecular weight excluding hydrogens is 229 g/mol. The van der Waals surface area contributed by atoms with Crippen LogP contribution >= 0.6 is 11.6 Å². The molecule has 0 saturated carbocycles. The average Bonchev–Trinajstić information content (AvgIpc) is 2.29. The Morgan fingerprint density at radius 3 is 2.62 bits per heavy atom. The first-order chi connectivity index (χ1) is 7.74. The van der Waals surface area contributed by atoms with Crippen molar-refractivity contribution < 1.29 is 4.39 Å². The molecule has 16 heavy (non-hydrogen) atoms. The number of aryl methyl sites for hydroxylation is 1. The van der Waals surface area contributed by atoms with E-state index in [1.54, 1.807) is 0 Å². The zero-order valence-electron chi connectivity index (χ0n) is 9.71. The molecule has 0 aromatic carbocycles. The fourth-order valence-electron chi connectivity index (χ4n) is 1.56. The Hall–Kier alpha value is -0.900. The molecule has 5 heteroatoms. The Balaban J connectivity index is 2.98. The normalized spacial score (nSPS) is 10.5. The number of alkyl halides is 1. The molecular formula is C11H17ClFN3. The van der Waals surface area contributed by atoms with Crippen LogP contribution in [0.3, 0.4) is 0 Å². The molecule has 0 fully saturated rings. The first kappa shape index (κ1) is 13.2. The van der Waals surface area contributed by atoms with Crippen LogP contribution in [0.2, 0.25) is 0 Å². The van der Waals surface area contributed by atoms with Gasteiger partial charge in [0.15, 0.2) is 11.6 Å². The van der Waals surface area contributed by atoms with Gasteiger partial charge >= 0.3 is 0 Å². The second-order valence-electron chi connectivity index (χ2n) is 3.49. The summed E-state index contributed by atoms with van der Waals surface area (Å²) >= 11 is 5.70. The molecule has 3 nitrogen and oxygen atoms in total. The summed E-state index contributed by atoms with van der Waals surface area (Å²) in [5, 5.41) is 0. The van der Waals surface area contributed by atoms with E-state index in [2.05, 4.69) is 9.97 Å². The van der Waals surface area contributed by atoms with E-state index in [4.69, 9.17) is 11.6 Å². The molecule has 0 amide bonds. The number of hydrogen-bond acceptors (Lipinski definition) is 3. The summed E-state index contributed by atoms with van der Waals surface area (Å²) in [7, 11) is 0. The van der Waals surface area contributed by atoms with Gasteiger partial charge in [-0.3, -0.25) is 0 Å². The lowest BCUT2D eigenvalue weighted by Gasteiger charge is -2.22. The first-order valence-corrected chi connectivity index (χ1v) is 6.08. The zero-order chi connectivity index (χ0) is 12.0. The number of aromatic nitrogens is 2. The van der Waals surface area contributed by atoms with Gasteiger partial charge in [0.05, 0.1) is 5.69 Å². The highest BCUT2D eigenvalue weighted by Crippen LogP contribution is 2.18. The molecule has 0 unspecified atom stereocenters. The van der Waals surface area contributed by atoms with Gasteiger partial charge in [-0.25, -0.2) is 14.4 Å². The van der Waals surface area contributed by atoms with Crippen LogP contribution in [0.25, 0.3) is 0 Å². The Bertz CT molecular complexity index is 327. The minimum absolute atomic E-state index is 0.316. The molecule has 0 bridgehead atoms. The largest absolute Gasteiger partial charge is 0.353 e. The molecule has 0 saturated heterocycles. The molecule has 0 aliphatic heterocycles. The van der Waals surface area contributed by atoms with Crippen LogP contribution < -0.4 is 4.90 Å². The van der Waals surface area contributed by atoms with Crippen molar-refractivity contribution in [2.45, 2.75) is 26.7 Å². The van der Waals surface area contributed by atoms with E-state index in [0.29, 0.717) is 30.4 Å².